The number of carbonyl (C=O) groups excluding carboxylic acids is 2. The summed E-state index contributed by atoms with van der Waals surface area (Å²) < 4.78 is 1.55. The van der Waals surface area contributed by atoms with Crippen molar-refractivity contribution in [3.05, 3.63) is 66.5 Å². The number of aromatic nitrogens is 4. The molecular weight excluding hydrogens is 416 g/mol. The third kappa shape index (κ3) is 5.27. The Labute approximate surface area is 194 Å². The van der Waals surface area contributed by atoms with Crippen LogP contribution in [0.5, 0.6) is 0 Å². The number of carbonyl (C=O) groups is 2. The molecule has 0 radical (unpaired) electrons. The third-order valence-electron chi connectivity index (χ3n) is 6.31. The Morgan fingerprint density at radius 1 is 1.06 bits per heavy atom. The Kier molecular flexibility index (Phi) is 6.82. The first-order chi connectivity index (χ1) is 16.0. The lowest BCUT2D eigenvalue weighted by Crippen LogP contribution is -2.54. The van der Waals surface area contributed by atoms with Gasteiger partial charge in [0.25, 0.3) is 0 Å². The van der Waals surface area contributed by atoms with Gasteiger partial charge in [-0.05, 0) is 46.4 Å². The van der Waals surface area contributed by atoms with Crippen molar-refractivity contribution < 1.29 is 9.59 Å². The molecule has 1 saturated heterocycles. The molecule has 1 atom stereocenters. The van der Waals surface area contributed by atoms with Crippen LogP contribution >= 0.6 is 0 Å². The van der Waals surface area contributed by atoms with Crippen LogP contribution in [0.1, 0.15) is 24.8 Å². The van der Waals surface area contributed by atoms with Gasteiger partial charge >= 0.3 is 0 Å². The molecule has 0 saturated carbocycles. The summed E-state index contributed by atoms with van der Waals surface area (Å²) in [6.45, 7) is 1.52. The standard InChI is InChI=1S/C25H30N6O2/c1-29(2)24(33)25(17-20-8-6-11-22(16-20)21-9-4-3-5-10-21)13-7-14-30(18-25)23(32)12-15-31-19-26-27-28-31/h3-6,8-11,16,19H,7,12-15,17-18H2,1-2H3. The van der Waals surface area contributed by atoms with Crippen LogP contribution in [0.15, 0.2) is 60.9 Å². The number of amides is 2. The zero-order valence-corrected chi connectivity index (χ0v) is 19.2. The molecule has 3 aromatic rings. The average molecular weight is 447 g/mol. The maximum atomic E-state index is 13.4. The van der Waals surface area contributed by atoms with E-state index in [1.807, 2.05) is 29.2 Å². The van der Waals surface area contributed by atoms with Crippen molar-refractivity contribution in [2.24, 2.45) is 5.41 Å². The Morgan fingerprint density at radius 2 is 1.85 bits per heavy atom. The van der Waals surface area contributed by atoms with Gasteiger partial charge in [-0.25, -0.2) is 4.68 Å². The Morgan fingerprint density at radius 3 is 2.58 bits per heavy atom. The van der Waals surface area contributed by atoms with Gasteiger partial charge < -0.3 is 9.80 Å². The summed E-state index contributed by atoms with van der Waals surface area (Å²) >= 11 is 0. The number of nitrogens with zero attached hydrogens (tertiary/aromatic N) is 6. The van der Waals surface area contributed by atoms with Gasteiger partial charge in [-0.1, -0.05) is 54.6 Å². The number of benzene rings is 2. The van der Waals surface area contributed by atoms with Gasteiger partial charge in [0.2, 0.25) is 11.8 Å². The van der Waals surface area contributed by atoms with Gasteiger partial charge in [0.15, 0.2) is 0 Å². The molecule has 1 fully saturated rings. The zero-order valence-electron chi connectivity index (χ0n) is 19.2. The van der Waals surface area contributed by atoms with Crippen molar-refractivity contribution in [2.75, 3.05) is 27.2 Å². The topological polar surface area (TPSA) is 84.2 Å². The maximum Gasteiger partial charge on any atom is 0.230 e. The largest absolute Gasteiger partial charge is 0.348 e. The van der Waals surface area contributed by atoms with Crippen LogP contribution in [0.3, 0.4) is 0 Å². The number of tetrazole rings is 1. The number of aryl methyl sites for hydroxylation is 1. The fraction of sp³-hybridized carbons (Fsp3) is 0.400. The van der Waals surface area contributed by atoms with Crippen molar-refractivity contribution in [2.45, 2.75) is 32.2 Å². The summed E-state index contributed by atoms with van der Waals surface area (Å²) in [7, 11) is 3.59. The normalized spacial score (nSPS) is 18.2. The predicted octanol–water partition coefficient (Wildman–Crippen LogP) is 2.67. The van der Waals surface area contributed by atoms with Crippen molar-refractivity contribution in [3.63, 3.8) is 0 Å². The summed E-state index contributed by atoms with van der Waals surface area (Å²) in [5.74, 6) is 0.102. The highest BCUT2D eigenvalue weighted by atomic mass is 16.2. The van der Waals surface area contributed by atoms with Crippen molar-refractivity contribution >= 4 is 11.8 Å². The highest BCUT2D eigenvalue weighted by molar-refractivity contribution is 5.85. The van der Waals surface area contributed by atoms with Crippen LogP contribution in [0, 0.1) is 5.41 Å². The van der Waals surface area contributed by atoms with Crippen LogP contribution in [0.25, 0.3) is 11.1 Å². The molecular formula is C25H30N6O2. The Bertz CT molecular complexity index is 1080. The molecule has 33 heavy (non-hydrogen) atoms. The van der Waals surface area contributed by atoms with Crippen molar-refractivity contribution in [1.82, 2.24) is 30.0 Å². The Hall–Kier alpha value is -3.55. The molecule has 1 aliphatic heterocycles. The molecule has 8 heteroatoms. The lowest BCUT2D eigenvalue weighted by Gasteiger charge is -2.43. The summed E-state index contributed by atoms with van der Waals surface area (Å²) in [5.41, 5.74) is 2.75. The fourth-order valence-electron chi connectivity index (χ4n) is 4.75. The van der Waals surface area contributed by atoms with Gasteiger partial charge in [0.05, 0.1) is 12.0 Å². The van der Waals surface area contributed by atoms with E-state index in [4.69, 9.17) is 0 Å². The minimum Gasteiger partial charge on any atom is -0.348 e. The number of rotatable bonds is 7. The second kappa shape index (κ2) is 9.94. The van der Waals surface area contributed by atoms with E-state index in [1.165, 1.54) is 6.33 Å². The van der Waals surface area contributed by atoms with E-state index in [0.717, 1.165) is 29.5 Å². The monoisotopic (exact) mass is 446 g/mol. The molecule has 2 aromatic carbocycles. The SMILES string of the molecule is CN(C)C(=O)C1(Cc2cccc(-c3ccccc3)c2)CCCN(C(=O)CCn2cnnn2)C1. The van der Waals surface area contributed by atoms with Crippen LogP contribution < -0.4 is 0 Å². The van der Waals surface area contributed by atoms with Crippen LogP contribution in [-0.4, -0.2) is 69.0 Å². The molecule has 1 unspecified atom stereocenters. The van der Waals surface area contributed by atoms with Crippen LogP contribution in [0.2, 0.25) is 0 Å². The molecule has 1 aliphatic rings. The van der Waals surface area contributed by atoms with Gasteiger partial charge in [0.1, 0.15) is 6.33 Å². The highest BCUT2D eigenvalue weighted by Crippen LogP contribution is 2.36. The summed E-state index contributed by atoms with van der Waals surface area (Å²) in [4.78, 5) is 29.9. The lowest BCUT2D eigenvalue weighted by molar-refractivity contribution is -0.147. The summed E-state index contributed by atoms with van der Waals surface area (Å²) in [5, 5.41) is 11.0. The zero-order chi connectivity index (χ0) is 23.3. The van der Waals surface area contributed by atoms with E-state index in [9.17, 15) is 9.59 Å². The minimum absolute atomic E-state index is 0.0270. The van der Waals surface area contributed by atoms with E-state index >= 15 is 0 Å². The number of piperidine rings is 1. The van der Waals surface area contributed by atoms with Crippen molar-refractivity contribution in [1.29, 1.82) is 0 Å². The quantitative estimate of drug-likeness (QED) is 0.557. The molecule has 172 valence electrons. The van der Waals surface area contributed by atoms with E-state index in [1.54, 1.807) is 23.7 Å². The molecule has 0 N–H and O–H groups in total. The minimum atomic E-state index is -0.637. The molecule has 0 spiro atoms. The average Bonchev–Trinajstić information content (AvgIpc) is 3.36. The van der Waals surface area contributed by atoms with Gasteiger partial charge in [-0.2, -0.15) is 0 Å². The third-order valence-corrected chi connectivity index (χ3v) is 6.31. The van der Waals surface area contributed by atoms with Gasteiger partial charge in [-0.15, -0.1) is 5.10 Å². The lowest BCUT2D eigenvalue weighted by atomic mass is 9.73. The first kappa shape index (κ1) is 22.6. The van der Waals surface area contributed by atoms with Gasteiger partial charge in [0, 0.05) is 33.6 Å². The molecule has 0 bridgehead atoms. The second-order valence-electron chi connectivity index (χ2n) is 8.96. The van der Waals surface area contributed by atoms with Crippen LogP contribution in [0.4, 0.5) is 0 Å². The first-order valence-electron chi connectivity index (χ1n) is 11.3. The number of hydrogen-bond donors (Lipinski definition) is 0. The molecule has 0 aliphatic carbocycles. The predicted molar refractivity (Wildman–Crippen MR) is 125 cm³/mol. The Balaban J connectivity index is 1.55. The number of hydrogen-bond acceptors (Lipinski definition) is 5. The van der Waals surface area contributed by atoms with E-state index < -0.39 is 5.41 Å². The molecule has 4 rings (SSSR count). The van der Waals surface area contributed by atoms with E-state index in [2.05, 4.69) is 45.9 Å². The smallest absolute Gasteiger partial charge is 0.230 e. The van der Waals surface area contributed by atoms with Crippen LogP contribution in [-0.2, 0) is 22.6 Å². The fourth-order valence-corrected chi connectivity index (χ4v) is 4.75. The van der Waals surface area contributed by atoms with E-state index in [-0.39, 0.29) is 11.8 Å². The molecule has 1 aromatic heterocycles. The highest BCUT2D eigenvalue weighted by Gasteiger charge is 2.44. The summed E-state index contributed by atoms with van der Waals surface area (Å²) in [6, 6.07) is 18.6. The second-order valence-corrected chi connectivity index (χ2v) is 8.96. The molecule has 2 heterocycles. The maximum absolute atomic E-state index is 13.4. The van der Waals surface area contributed by atoms with E-state index in [0.29, 0.717) is 32.5 Å². The molecule has 2 amide bonds. The molecule has 8 nitrogen and oxygen atoms in total. The van der Waals surface area contributed by atoms with Gasteiger partial charge in [-0.3, -0.25) is 9.59 Å². The number of likely N-dealkylation sites (tertiary alicyclic amines) is 1. The first-order valence-corrected chi connectivity index (χ1v) is 11.3. The summed E-state index contributed by atoms with van der Waals surface area (Å²) in [6.07, 6.45) is 3.97. The van der Waals surface area contributed by atoms with Crippen molar-refractivity contribution in [3.8, 4) is 11.1 Å².